The van der Waals surface area contributed by atoms with Crippen LogP contribution in [-0.4, -0.2) is 50.1 Å². The molecule has 30 heavy (non-hydrogen) atoms. The highest BCUT2D eigenvalue weighted by atomic mass is 32.2. The molecule has 2 aromatic carbocycles. The van der Waals surface area contributed by atoms with E-state index in [-0.39, 0.29) is 29.1 Å². The number of hydrogen-bond acceptors (Lipinski definition) is 6. The van der Waals surface area contributed by atoms with Crippen LogP contribution >= 0.6 is 0 Å². The molecule has 2 amide bonds. The number of rotatable bonds is 8. The highest BCUT2D eigenvalue weighted by Gasteiger charge is 2.18. The standard InChI is InChI=1S/C19H22N4O6S/c1-13-4-9-16(30(28,29)22(2)3)12-17(13)21-18(24)10-11-20-19(25)14-5-7-15(8-6-14)23(26)27/h4-9,12H,10-11H2,1-3H3,(H,20,25)(H,21,24). The van der Waals surface area contributed by atoms with Crippen molar-refractivity contribution in [2.75, 3.05) is 26.0 Å². The summed E-state index contributed by atoms with van der Waals surface area (Å²) in [6.45, 7) is 1.77. The molecule has 0 aromatic heterocycles. The van der Waals surface area contributed by atoms with Gasteiger partial charge in [0.1, 0.15) is 0 Å². The topological polar surface area (TPSA) is 139 Å². The third-order valence-electron chi connectivity index (χ3n) is 4.24. The maximum atomic E-state index is 12.2. The first-order valence-electron chi connectivity index (χ1n) is 8.88. The van der Waals surface area contributed by atoms with Crippen molar-refractivity contribution in [3.05, 3.63) is 63.7 Å². The zero-order chi connectivity index (χ0) is 22.5. The van der Waals surface area contributed by atoms with Crippen LogP contribution in [0.4, 0.5) is 11.4 Å². The minimum Gasteiger partial charge on any atom is -0.352 e. The van der Waals surface area contributed by atoms with Gasteiger partial charge < -0.3 is 10.6 Å². The number of hydrogen-bond donors (Lipinski definition) is 2. The van der Waals surface area contributed by atoms with Crippen molar-refractivity contribution in [3.8, 4) is 0 Å². The fourth-order valence-corrected chi connectivity index (χ4v) is 3.37. The summed E-state index contributed by atoms with van der Waals surface area (Å²) in [5.74, 6) is -0.866. The Morgan fingerprint density at radius 3 is 2.30 bits per heavy atom. The summed E-state index contributed by atoms with van der Waals surface area (Å²) >= 11 is 0. The smallest absolute Gasteiger partial charge is 0.269 e. The molecule has 0 fully saturated rings. The molecule has 0 heterocycles. The van der Waals surface area contributed by atoms with Gasteiger partial charge in [0.25, 0.3) is 11.6 Å². The van der Waals surface area contributed by atoms with Crippen LogP contribution in [0.1, 0.15) is 22.3 Å². The van der Waals surface area contributed by atoms with Gasteiger partial charge in [0.2, 0.25) is 15.9 Å². The van der Waals surface area contributed by atoms with Gasteiger partial charge in [-0.2, -0.15) is 0 Å². The molecule has 0 radical (unpaired) electrons. The molecule has 160 valence electrons. The van der Waals surface area contributed by atoms with Gasteiger partial charge in [-0.05, 0) is 36.8 Å². The fraction of sp³-hybridized carbons (Fsp3) is 0.263. The molecule has 0 atom stereocenters. The number of nitrogens with zero attached hydrogens (tertiary/aromatic N) is 2. The number of carbonyl (C=O) groups is 2. The number of aryl methyl sites for hydroxylation is 1. The lowest BCUT2D eigenvalue weighted by Gasteiger charge is -2.14. The third kappa shape index (κ3) is 5.61. The van der Waals surface area contributed by atoms with E-state index in [4.69, 9.17) is 0 Å². The van der Waals surface area contributed by atoms with E-state index in [1.807, 2.05) is 0 Å². The second-order valence-electron chi connectivity index (χ2n) is 6.62. The minimum absolute atomic E-state index is 0.0381. The number of benzene rings is 2. The second-order valence-corrected chi connectivity index (χ2v) is 8.77. The second kappa shape index (κ2) is 9.46. The largest absolute Gasteiger partial charge is 0.352 e. The van der Waals surface area contributed by atoms with Crippen LogP contribution in [-0.2, 0) is 14.8 Å². The molecular weight excluding hydrogens is 412 g/mol. The van der Waals surface area contributed by atoms with Crippen LogP contribution in [0.3, 0.4) is 0 Å². The van der Waals surface area contributed by atoms with Crippen LogP contribution in [0.15, 0.2) is 47.4 Å². The predicted octanol–water partition coefficient (Wildman–Crippen LogP) is 1.91. The lowest BCUT2D eigenvalue weighted by atomic mass is 10.2. The normalized spacial score (nSPS) is 11.2. The maximum absolute atomic E-state index is 12.2. The number of sulfonamides is 1. The van der Waals surface area contributed by atoms with E-state index in [1.54, 1.807) is 13.0 Å². The summed E-state index contributed by atoms with van der Waals surface area (Å²) in [4.78, 5) is 34.4. The van der Waals surface area contributed by atoms with Gasteiger partial charge in [-0.1, -0.05) is 6.07 Å². The van der Waals surface area contributed by atoms with E-state index >= 15 is 0 Å². The van der Waals surface area contributed by atoms with Crippen LogP contribution in [0, 0.1) is 17.0 Å². The Hall–Kier alpha value is -3.31. The van der Waals surface area contributed by atoms with E-state index in [0.29, 0.717) is 11.3 Å². The van der Waals surface area contributed by atoms with Crippen LogP contribution in [0.2, 0.25) is 0 Å². The van der Waals surface area contributed by atoms with Crippen molar-refractivity contribution in [2.24, 2.45) is 0 Å². The van der Waals surface area contributed by atoms with Crippen molar-refractivity contribution < 1.29 is 22.9 Å². The summed E-state index contributed by atoms with van der Waals surface area (Å²) in [6.07, 6.45) is -0.0389. The number of nitro benzene ring substituents is 1. The van der Waals surface area contributed by atoms with E-state index in [1.165, 1.54) is 50.5 Å². The molecule has 0 unspecified atom stereocenters. The molecule has 11 heteroatoms. The summed E-state index contributed by atoms with van der Waals surface area (Å²) in [6, 6.07) is 9.55. The molecule has 0 aliphatic heterocycles. The van der Waals surface area contributed by atoms with E-state index in [9.17, 15) is 28.1 Å². The Balaban J connectivity index is 1.95. The van der Waals surface area contributed by atoms with Gasteiger partial charge in [0.05, 0.1) is 9.82 Å². The Bertz CT molecular complexity index is 1060. The number of nitro groups is 1. The van der Waals surface area contributed by atoms with E-state index in [2.05, 4.69) is 10.6 Å². The van der Waals surface area contributed by atoms with Crippen molar-refractivity contribution in [1.29, 1.82) is 0 Å². The SMILES string of the molecule is Cc1ccc(S(=O)(=O)N(C)C)cc1NC(=O)CCNC(=O)c1ccc([N+](=O)[O-])cc1. The number of anilines is 1. The summed E-state index contributed by atoms with van der Waals surface area (Å²) in [7, 11) is -0.801. The number of non-ortho nitro benzene ring substituents is 1. The molecule has 2 aromatic rings. The Labute approximate surface area is 174 Å². The van der Waals surface area contributed by atoms with E-state index in [0.717, 1.165) is 4.31 Å². The molecule has 2 N–H and O–H groups in total. The summed E-state index contributed by atoms with van der Waals surface area (Å²) in [5, 5.41) is 15.8. The molecule has 10 nitrogen and oxygen atoms in total. The Kier molecular flexibility index (Phi) is 7.24. The van der Waals surface area contributed by atoms with Crippen molar-refractivity contribution >= 4 is 33.2 Å². The first-order chi connectivity index (χ1) is 14.0. The highest BCUT2D eigenvalue weighted by molar-refractivity contribution is 7.89. The summed E-state index contributed by atoms with van der Waals surface area (Å²) in [5.41, 5.74) is 1.17. The Morgan fingerprint density at radius 1 is 1.10 bits per heavy atom. The molecule has 0 aliphatic carbocycles. The highest BCUT2D eigenvalue weighted by Crippen LogP contribution is 2.22. The third-order valence-corrected chi connectivity index (χ3v) is 6.05. The molecule has 0 bridgehead atoms. The van der Waals surface area contributed by atoms with Crippen LogP contribution < -0.4 is 10.6 Å². The van der Waals surface area contributed by atoms with Gasteiger partial charge in [-0.3, -0.25) is 19.7 Å². The number of carbonyl (C=O) groups excluding carboxylic acids is 2. The molecule has 0 spiro atoms. The van der Waals surface area contributed by atoms with E-state index < -0.39 is 26.8 Å². The molecule has 2 rings (SSSR count). The van der Waals surface area contributed by atoms with Gasteiger partial charge in [0.15, 0.2) is 0 Å². The monoisotopic (exact) mass is 434 g/mol. The van der Waals surface area contributed by atoms with Crippen molar-refractivity contribution in [3.63, 3.8) is 0 Å². The number of nitrogens with one attached hydrogen (secondary N) is 2. The first kappa shape index (κ1) is 23.0. The molecule has 0 saturated heterocycles. The molecular formula is C19H22N4O6S. The molecule has 0 aliphatic rings. The van der Waals surface area contributed by atoms with Crippen LogP contribution in [0.25, 0.3) is 0 Å². The average Bonchev–Trinajstić information content (AvgIpc) is 2.69. The van der Waals surface area contributed by atoms with Gasteiger partial charge in [-0.25, -0.2) is 12.7 Å². The predicted molar refractivity (Wildman–Crippen MR) is 111 cm³/mol. The number of amides is 2. The first-order valence-corrected chi connectivity index (χ1v) is 10.3. The zero-order valence-corrected chi connectivity index (χ0v) is 17.5. The van der Waals surface area contributed by atoms with Crippen LogP contribution in [0.5, 0.6) is 0 Å². The lowest BCUT2D eigenvalue weighted by Crippen LogP contribution is -2.27. The molecule has 0 saturated carbocycles. The maximum Gasteiger partial charge on any atom is 0.269 e. The quantitative estimate of drug-likeness (QED) is 0.481. The van der Waals surface area contributed by atoms with Gasteiger partial charge in [-0.15, -0.1) is 0 Å². The Morgan fingerprint density at radius 2 is 1.73 bits per heavy atom. The van der Waals surface area contributed by atoms with Crippen molar-refractivity contribution in [2.45, 2.75) is 18.2 Å². The summed E-state index contributed by atoms with van der Waals surface area (Å²) < 4.78 is 25.6. The zero-order valence-electron chi connectivity index (χ0n) is 16.7. The van der Waals surface area contributed by atoms with Gasteiger partial charge in [0, 0.05) is 50.4 Å². The lowest BCUT2D eigenvalue weighted by molar-refractivity contribution is -0.384. The average molecular weight is 434 g/mol. The van der Waals surface area contributed by atoms with Crippen molar-refractivity contribution in [1.82, 2.24) is 9.62 Å². The minimum atomic E-state index is -3.64. The fourth-order valence-electron chi connectivity index (χ4n) is 2.45. The van der Waals surface area contributed by atoms with Gasteiger partial charge >= 0.3 is 0 Å².